The SMILES string of the molecule is CS(=O)(=O)OC1CCN(C=O)CC1. The molecule has 0 saturated carbocycles. The molecule has 1 saturated heterocycles. The molecule has 1 heterocycles. The van der Waals surface area contributed by atoms with Gasteiger partial charge in [-0.1, -0.05) is 0 Å². The zero-order chi connectivity index (χ0) is 9.90. The van der Waals surface area contributed by atoms with E-state index in [2.05, 4.69) is 0 Å². The van der Waals surface area contributed by atoms with E-state index in [1.54, 1.807) is 4.90 Å². The van der Waals surface area contributed by atoms with Gasteiger partial charge < -0.3 is 4.90 Å². The molecule has 0 bridgehead atoms. The van der Waals surface area contributed by atoms with Crippen molar-refractivity contribution < 1.29 is 17.4 Å². The summed E-state index contributed by atoms with van der Waals surface area (Å²) in [6.45, 7) is 1.15. The van der Waals surface area contributed by atoms with E-state index in [-0.39, 0.29) is 6.10 Å². The summed E-state index contributed by atoms with van der Waals surface area (Å²) < 4.78 is 26.3. The zero-order valence-corrected chi connectivity index (χ0v) is 8.29. The van der Waals surface area contributed by atoms with E-state index in [1.807, 2.05) is 0 Å². The van der Waals surface area contributed by atoms with Crippen molar-refractivity contribution in [3.8, 4) is 0 Å². The van der Waals surface area contributed by atoms with Crippen LogP contribution in [-0.4, -0.2) is 45.2 Å². The van der Waals surface area contributed by atoms with Crippen molar-refractivity contribution in [3.63, 3.8) is 0 Å². The maximum Gasteiger partial charge on any atom is 0.264 e. The van der Waals surface area contributed by atoms with Crippen LogP contribution in [0.5, 0.6) is 0 Å². The zero-order valence-electron chi connectivity index (χ0n) is 7.47. The Kier molecular flexibility index (Phi) is 3.27. The lowest BCUT2D eigenvalue weighted by Gasteiger charge is -2.28. The lowest BCUT2D eigenvalue weighted by molar-refractivity contribution is -0.119. The molecular weight excluding hydrogens is 194 g/mol. The first-order valence-corrected chi connectivity index (χ1v) is 5.90. The normalized spacial score (nSPS) is 20.2. The van der Waals surface area contributed by atoms with Crippen molar-refractivity contribution in [1.82, 2.24) is 4.90 Å². The fourth-order valence-corrected chi connectivity index (χ4v) is 2.01. The fraction of sp³-hybridized carbons (Fsp3) is 0.857. The van der Waals surface area contributed by atoms with Crippen LogP contribution in [0.4, 0.5) is 0 Å². The summed E-state index contributed by atoms with van der Waals surface area (Å²) in [6.07, 6.45) is 2.74. The molecule has 13 heavy (non-hydrogen) atoms. The Morgan fingerprint density at radius 1 is 1.38 bits per heavy atom. The van der Waals surface area contributed by atoms with Gasteiger partial charge in [0.2, 0.25) is 6.41 Å². The number of amides is 1. The third-order valence-electron chi connectivity index (χ3n) is 1.94. The minimum absolute atomic E-state index is 0.258. The van der Waals surface area contributed by atoms with Gasteiger partial charge in [-0.2, -0.15) is 8.42 Å². The fourth-order valence-electron chi connectivity index (χ4n) is 1.32. The molecule has 1 fully saturated rings. The summed E-state index contributed by atoms with van der Waals surface area (Å²) in [6, 6.07) is 0. The molecule has 0 aliphatic carbocycles. The molecule has 0 unspecified atom stereocenters. The lowest BCUT2D eigenvalue weighted by Crippen LogP contribution is -2.36. The van der Waals surface area contributed by atoms with E-state index in [9.17, 15) is 13.2 Å². The van der Waals surface area contributed by atoms with Gasteiger partial charge in [0.1, 0.15) is 0 Å². The number of piperidine rings is 1. The molecule has 5 nitrogen and oxygen atoms in total. The third-order valence-corrected chi connectivity index (χ3v) is 2.56. The van der Waals surface area contributed by atoms with E-state index in [0.29, 0.717) is 25.9 Å². The van der Waals surface area contributed by atoms with E-state index >= 15 is 0 Å². The summed E-state index contributed by atoms with van der Waals surface area (Å²) in [7, 11) is -3.35. The molecule has 0 aromatic rings. The second-order valence-corrected chi connectivity index (χ2v) is 4.74. The number of carbonyl (C=O) groups is 1. The molecule has 0 aromatic carbocycles. The largest absolute Gasteiger partial charge is 0.345 e. The predicted octanol–water partition coefficient (Wildman–Crippen LogP) is -0.417. The molecule has 0 spiro atoms. The monoisotopic (exact) mass is 207 g/mol. The van der Waals surface area contributed by atoms with Gasteiger partial charge in [0.05, 0.1) is 12.4 Å². The van der Waals surface area contributed by atoms with E-state index < -0.39 is 10.1 Å². The van der Waals surface area contributed by atoms with Crippen LogP contribution in [-0.2, 0) is 19.1 Å². The van der Waals surface area contributed by atoms with Crippen molar-refractivity contribution in [1.29, 1.82) is 0 Å². The molecule has 6 heteroatoms. The van der Waals surface area contributed by atoms with Crippen LogP contribution in [0.25, 0.3) is 0 Å². The smallest absolute Gasteiger partial charge is 0.264 e. The molecule has 1 rings (SSSR count). The number of carbonyl (C=O) groups excluding carboxylic acids is 1. The molecular formula is C7H13NO4S. The summed E-state index contributed by atoms with van der Waals surface area (Å²) in [5.41, 5.74) is 0. The number of hydrogen-bond acceptors (Lipinski definition) is 4. The molecule has 0 radical (unpaired) electrons. The van der Waals surface area contributed by atoms with Gasteiger partial charge in [0, 0.05) is 13.1 Å². The van der Waals surface area contributed by atoms with Crippen LogP contribution in [0.2, 0.25) is 0 Å². The van der Waals surface area contributed by atoms with Crippen molar-refractivity contribution in [2.75, 3.05) is 19.3 Å². The van der Waals surface area contributed by atoms with E-state index in [0.717, 1.165) is 12.7 Å². The highest BCUT2D eigenvalue weighted by Crippen LogP contribution is 2.13. The van der Waals surface area contributed by atoms with Gasteiger partial charge in [0.15, 0.2) is 0 Å². The van der Waals surface area contributed by atoms with Gasteiger partial charge >= 0.3 is 0 Å². The van der Waals surface area contributed by atoms with Crippen LogP contribution >= 0.6 is 0 Å². The van der Waals surface area contributed by atoms with Crippen LogP contribution in [0.1, 0.15) is 12.8 Å². The van der Waals surface area contributed by atoms with Crippen LogP contribution < -0.4 is 0 Å². The highest BCUT2D eigenvalue weighted by Gasteiger charge is 2.21. The van der Waals surface area contributed by atoms with E-state index in [1.165, 1.54) is 0 Å². The van der Waals surface area contributed by atoms with Crippen molar-refractivity contribution in [2.24, 2.45) is 0 Å². The number of hydrogen-bond donors (Lipinski definition) is 0. The Morgan fingerprint density at radius 2 is 1.92 bits per heavy atom. The Bertz CT molecular complexity index is 266. The Balaban J connectivity index is 2.37. The second-order valence-electron chi connectivity index (χ2n) is 3.14. The van der Waals surface area contributed by atoms with Crippen molar-refractivity contribution in [3.05, 3.63) is 0 Å². The van der Waals surface area contributed by atoms with Crippen LogP contribution in [0.3, 0.4) is 0 Å². The standard InChI is InChI=1S/C7H13NO4S/c1-13(10,11)12-7-2-4-8(6-9)5-3-7/h6-7H,2-5H2,1H3. The van der Waals surface area contributed by atoms with Crippen molar-refractivity contribution in [2.45, 2.75) is 18.9 Å². The van der Waals surface area contributed by atoms with Crippen LogP contribution in [0, 0.1) is 0 Å². The summed E-state index contributed by atoms with van der Waals surface area (Å²) >= 11 is 0. The lowest BCUT2D eigenvalue weighted by atomic mass is 10.1. The van der Waals surface area contributed by atoms with E-state index in [4.69, 9.17) is 4.18 Å². The second kappa shape index (κ2) is 4.06. The Hall–Kier alpha value is -0.620. The Labute approximate surface area is 77.8 Å². The summed E-state index contributed by atoms with van der Waals surface area (Å²) in [4.78, 5) is 11.9. The topological polar surface area (TPSA) is 63.7 Å². The molecule has 0 aromatic heterocycles. The van der Waals surface area contributed by atoms with Crippen LogP contribution in [0.15, 0.2) is 0 Å². The van der Waals surface area contributed by atoms with Gasteiger partial charge in [-0.05, 0) is 12.8 Å². The molecule has 1 amide bonds. The molecule has 76 valence electrons. The highest BCUT2D eigenvalue weighted by atomic mass is 32.2. The molecule has 0 atom stereocenters. The summed E-state index contributed by atoms with van der Waals surface area (Å²) in [5, 5.41) is 0. The van der Waals surface area contributed by atoms with Gasteiger partial charge in [-0.25, -0.2) is 0 Å². The van der Waals surface area contributed by atoms with Gasteiger partial charge in [-0.3, -0.25) is 8.98 Å². The minimum Gasteiger partial charge on any atom is -0.345 e. The average Bonchev–Trinajstić information content (AvgIpc) is 2.03. The maximum atomic E-state index is 10.7. The molecule has 1 aliphatic heterocycles. The number of rotatable bonds is 3. The first kappa shape index (κ1) is 10.5. The number of likely N-dealkylation sites (tertiary alicyclic amines) is 1. The number of nitrogens with zero attached hydrogens (tertiary/aromatic N) is 1. The third kappa shape index (κ3) is 3.73. The molecule has 1 aliphatic rings. The first-order chi connectivity index (χ1) is 6.01. The summed E-state index contributed by atoms with van der Waals surface area (Å²) in [5.74, 6) is 0. The average molecular weight is 207 g/mol. The highest BCUT2D eigenvalue weighted by molar-refractivity contribution is 7.86. The first-order valence-electron chi connectivity index (χ1n) is 4.09. The maximum absolute atomic E-state index is 10.7. The molecule has 0 N–H and O–H groups in total. The Morgan fingerprint density at radius 3 is 2.31 bits per heavy atom. The minimum atomic E-state index is -3.35. The van der Waals surface area contributed by atoms with Crippen molar-refractivity contribution >= 4 is 16.5 Å². The predicted molar refractivity (Wildman–Crippen MR) is 46.6 cm³/mol. The van der Waals surface area contributed by atoms with Gasteiger partial charge in [-0.15, -0.1) is 0 Å². The quantitative estimate of drug-likeness (QED) is 0.466. The van der Waals surface area contributed by atoms with Gasteiger partial charge in [0.25, 0.3) is 10.1 Å².